The lowest BCUT2D eigenvalue weighted by atomic mass is 9.87. The first-order chi connectivity index (χ1) is 8.77. The number of ether oxygens (including phenoxy) is 1. The molecule has 5 nitrogen and oxygen atoms in total. The number of nitrogens with zero attached hydrogens (tertiary/aromatic N) is 1. The molecule has 1 aliphatic rings. The first-order valence-corrected chi connectivity index (χ1v) is 6.06. The Morgan fingerprint density at radius 1 is 1.32 bits per heavy atom. The van der Waals surface area contributed by atoms with E-state index < -0.39 is 24.4 Å². The van der Waals surface area contributed by atoms with Crippen molar-refractivity contribution in [1.29, 1.82) is 0 Å². The van der Waals surface area contributed by atoms with Gasteiger partial charge in [-0.1, -0.05) is 13.8 Å². The molecular formula is C11H17F3N2O3. The summed E-state index contributed by atoms with van der Waals surface area (Å²) >= 11 is 0. The Morgan fingerprint density at radius 3 is 2.37 bits per heavy atom. The fourth-order valence-corrected chi connectivity index (χ4v) is 2.32. The summed E-state index contributed by atoms with van der Waals surface area (Å²) in [4.78, 5) is 24.9. The first-order valence-electron chi connectivity index (χ1n) is 6.06. The standard InChI is InChI=1S/C11H17F3N2O3/c1-3-10(4-2)9(18)15-7-8(17)16(10)5-6-19-11(12,13)14/h3-7H2,1-2H3,(H,15,18). The van der Waals surface area contributed by atoms with E-state index in [0.717, 1.165) is 0 Å². The van der Waals surface area contributed by atoms with Crippen LogP contribution in [-0.2, 0) is 14.3 Å². The van der Waals surface area contributed by atoms with Gasteiger partial charge >= 0.3 is 6.36 Å². The summed E-state index contributed by atoms with van der Waals surface area (Å²) in [7, 11) is 0. The zero-order valence-electron chi connectivity index (χ0n) is 10.8. The third-order valence-corrected chi connectivity index (χ3v) is 3.39. The predicted molar refractivity (Wildman–Crippen MR) is 60.0 cm³/mol. The minimum atomic E-state index is -4.73. The molecule has 0 spiro atoms. The van der Waals surface area contributed by atoms with E-state index in [9.17, 15) is 22.8 Å². The minimum Gasteiger partial charge on any atom is -0.345 e. The van der Waals surface area contributed by atoms with Crippen LogP contribution in [0.2, 0.25) is 0 Å². The highest BCUT2D eigenvalue weighted by Gasteiger charge is 2.46. The zero-order chi connectivity index (χ0) is 14.7. The highest BCUT2D eigenvalue weighted by molar-refractivity contribution is 5.97. The Morgan fingerprint density at radius 2 is 1.89 bits per heavy atom. The van der Waals surface area contributed by atoms with Gasteiger partial charge in [-0.25, -0.2) is 0 Å². The Labute approximate surface area is 109 Å². The van der Waals surface area contributed by atoms with Gasteiger partial charge in [-0.15, -0.1) is 13.2 Å². The maximum absolute atomic E-state index is 11.9. The second-order valence-electron chi connectivity index (χ2n) is 4.26. The Kier molecular flexibility index (Phi) is 4.78. The van der Waals surface area contributed by atoms with E-state index in [2.05, 4.69) is 10.1 Å². The molecule has 0 aromatic rings. The highest BCUT2D eigenvalue weighted by atomic mass is 19.4. The van der Waals surface area contributed by atoms with Gasteiger partial charge in [0.1, 0.15) is 5.54 Å². The molecule has 1 N–H and O–H groups in total. The van der Waals surface area contributed by atoms with Crippen LogP contribution in [0.4, 0.5) is 13.2 Å². The number of rotatable bonds is 5. The lowest BCUT2D eigenvalue weighted by Gasteiger charge is -2.45. The minimum absolute atomic E-state index is 0.188. The molecule has 0 aromatic carbocycles. The maximum Gasteiger partial charge on any atom is 0.522 e. The van der Waals surface area contributed by atoms with Crippen molar-refractivity contribution in [3.63, 3.8) is 0 Å². The van der Waals surface area contributed by atoms with Gasteiger partial charge in [0.15, 0.2) is 0 Å². The first kappa shape index (κ1) is 15.7. The molecular weight excluding hydrogens is 265 g/mol. The van der Waals surface area contributed by atoms with Gasteiger partial charge in [-0.2, -0.15) is 0 Å². The molecule has 0 radical (unpaired) electrons. The number of carbonyl (C=O) groups is 2. The van der Waals surface area contributed by atoms with Crippen LogP contribution in [0, 0.1) is 0 Å². The summed E-state index contributed by atoms with van der Waals surface area (Å²) in [5.41, 5.74) is -1.08. The molecule has 1 saturated heterocycles. The molecule has 19 heavy (non-hydrogen) atoms. The molecule has 1 heterocycles. The summed E-state index contributed by atoms with van der Waals surface area (Å²) < 4.78 is 39.5. The smallest absolute Gasteiger partial charge is 0.345 e. The fraction of sp³-hybridized carbons (Fsp3) is 0.818. The van der Waals surface area contributed by atoms with Crippen LogP contribution in [0.3, 0.4) is 0 Å². The summed E-state index contributed by atoms with van der Waals surface area (Å²) in [6.45, 7) is 2.32. The highest BCUT2D eigenvalue weighted by Crippen LogP contribution is 2.27. The fourth-order valence-electron chi connectivity index (χ4n) is 2.32. The topological polar surface area (TPSA) is 58.6 Å². The molecule has 110 valence electrons. The Hall–Kier alpha value is -1.31. The van der Waals surface area contributed by atoms with E-state index in [-0.39, 0.29) is 19.0 Å². The van der Waals surface area contributed by atoms with E-state index in [1.54, 1.807) is 13.8 Å². The number of carbonyl (C=O) groups excluding carboxylic acids is 2. The number of piperazine rings is 1. The quantitative estimate of drug-likeness (QED) is 0.819. The van der Waals surface area contributed by atoms with Crippen LogP contribution in [0.1, 0.15) is 26.7 Å². The van der Waals surface area contributed by atoms with Crippen molar-refractivity contribution in [3.8, 4) is 0 Å². The molecule has 2 amide bonds. The van der Waals surface area contributed by atoms with Gasteiger partial charge in [-0.3, -0.25) is 14.3 Å². The molecule has 0 saturated carbocycles. The number of alkyl halides is 3. The van der Waals surface area contributed by atoms with Crippen LogP contribution < -0.4 is 5.32 Å². The molecule has 8 heteroatoms. The molecule has 0 bridgehead atoms. The molecule has 0 aliphatic carbocycles. The summed E-state index contributed by atoms with van der Waals surface area (Å²) in [5, 5.41) is 2.47. The molecule has 0 unspecified atom stereocenters. The maximum atomic E-state index is 11.9. The lowest BCUT2D eigenvalue weighted by Crippen LogP contribution is -2.67. The Balaban J connectivity index is 2.80. The van der Waals surface area contributed by atoms with Gasteiger partial charge in [0.2, 0.25) is 11.8 Å². The summed E-state index contributed by atoms with van der Waals surface area (Å²) in [5.74, 6) is -0.724. The van der Waals surface area contributed by atoms with Crippen LogP contribution in [0.5, 0.6) is 0 Å². The Bertz CT molecular complexity index is 354. The number of halogens is 3. The summed E-state index contributed by atoms with van der Waals surface area (Å²) in [6.07, 6.45) is -4.05. The monoisotopic (exact) mass is 282 g/mol. The molecule has 0 atom stereocenters. The SMILES string of the molecule is CCC1(CC)C(=O)NCC(=O)N1CCOC(F)(F)F. The van der Waals surface area contributed by atoms with Crippen LogP contribution in [-0.4, -0.2) is 48.3 Å². The normalized spacial score (nSPS) is 19.5. The van der Waals surface area contributed by atoms with Gasteiger partial charge in [0.05, 0.1) is 13.2 Å². The molecule has 1 fully saturated rings. The predicted octanol–water partition coefficient (Wildman–Crippen LogP) is 1.04. The van der Waals surface area contributed by atoms with Crippen molar-refractivity contribution in [3.05, 3.63) is 0 Å². The van der Waals surface area contributed by atoms with Crippen molar-refractivity contribution in [2.45, 2.75) is 38.6 Å². The second kappa shape index (κ2) is 5.77. The lowest BCUT2D eigenvalue weighted by molar-refractivity contribution is -0.325. The van der Waals surface area contributed by atoms with Gasteiger partial charge in [-0.05, 0) is 12.8 Å². The van der Waals surface area contributed by atoms with E-state index in [1.165, 1.54) is 4.90 Å². The third kappa shape index (κ3) is 3.37. The average molecular weight is 282 g/mol. The largest absolute Gasteiger partial charge is 0.522 e. The molecule has 1 rings (SSSR count). The zero-order valence-corrected chi connectivity index (χ0v) is 10.8. The van der Waals surface area contributed by atoms with E-state index in [4.69, 9.17) is 0 Å². The summed E-state index contributed by atoms with van der Waals surface area (Å²) in [6, 6.07) is 0. The van der Waals surface area contributed by atoms with Crippen molar-refractivity contribution < 1.29 is 27.5 Å². The van der Waals surface area contributed by atoms with Gasteiger partial charge in [0, 0.05) is 6.54 Å². The van der Waals surface area contributed by atoms with E-state index >= 15 is 0 Å². The van der Waals surface area contributed by atoms with E-state index in [0.29, 0.717) is 12.8 Å². The third-order valence-electron chi connectivity index (χ3n) is 3.39. The van der Waals surface area contributed by atoms with Crippen LogP contribution in [0.15, 0.2) is 0 Å². The van der Waals surface area contributed by atoms with Crippen molar-refractivity contribution in [1.82, 2.24) is 10.2 Å². The number of hydrogen-bond donors (Lipinski definition) is 1. The van der Waals surface area contributed by atoms with Crippen LogP contribution in [0.25, 0.3) is 0 Å². The van der Waals surface area contributed by atoms with Gasteiger partial charge < -0.3 is 10.2 Å². The second-order valence-corrected chi connectivity index (χ2v) is 4.26. The van der Waals surface area contributed by atoms with E-state index in [1.807, 2.05) is 0 Å². The number of hydrogen-bond acceptors (Lipinski definition) is 3. The molecule has 1 aliphatic heterocycles. The van der Waals surface area contributed by atoms with Gasteiger partial charge in [0.25, 0.3) is 0 Å². The number of amides is 2. The van der Waals surface area contributed by atoms with Crippen molar-refractivity contribution >= 4 is 11.8 Å². The van der Waals surface area contributed by atoms with Crippen molar-refractivity contribution in [2.75, 3.05) is 19.7 Å². The molecule has 0 aromatic heterocycles. The average Bonchev–Trinajstić information content (AvgIpc) is 2.33. The van der Waals surface area contributed by atoms with Crippen molar-refractivity contribution in [2.24, 2.45) is 0 Å². The number of nitrogens with one attached hydrogen (secondary N) is 1. The van der Waals surface area contributed by atoms with Crippen LogP contribution >= 0.6 is 0 Å².